The highest BCUT2D eigenvalue weighted by Gasteiger charge is 2.50. The maximum Gasteiger partial charge on any atom is 0.312 e. The number of carbonyl (C=O) groups excluding carboxylic acids is 1. The monoisotopic (exact) mass is 1140 g/mol. The van der Waals surface area contributed by atoms with E-state index in [0.717, 1.165) is 87.1 Å². The number of nitro groups is 1. The highest BCUT2D eigenvalue weighted by molar-refractivity contribution is 7.90. The first-order valence-corrected chi connectivity index (χ1v) is 29.8. The van der Waals surface area contributed by atoms with E-state index in [-0.39, 0.29) is 63.8 Å². The average molecular weight is 1140 g/mol. The molecule has 2 aliphatic carbocycles. The molecule has 0 radical (unpaired) electrons. The van der Waals surface area contributed by atoms with E-state index in [2.05, 4.69) is 83.9 Å². The summed E-state index contributed by atoms with van der Waals surface area (Å²) in [7, 11) is -3.11. The van der Waals surface area contributed by atoms with E-state index in [1.54, 1.807) is 33.1 Å². The number of piperidine rings is 1. The maximum absolute atomic E-state index is 15.0. The van der Waals surface area contributed by atoms with Gasteiger partial charge in [0.1, 0.15) is 27.6 Å². The van der Waals surface area contributed by atoms with Crippen LogP contribution in [-0.4, -0.2) is 119 Å². The van der Waals surface area contributed by atoms with Gasteiger partial charge in [0.15, 0.2) is 23.0 Å². The molecule has 1 amide bonds. The summed E-state index contributed by atoms with van der Waals surface area (Å²) in [6.07, 6.45) is 8.69. The number of fused-ring (bicyclic) bond motifs is 2. The Morgan fingerprint density at radius 3 is 2.50 bits per heavy atom. The number of nitrogens with one attached hydrogen (secondary N) is 3. The van der Waals surface area contributed by atoms with Crippen LogP contribution in [0.2, 0.25) is 0 Å². The number of oxazole rings is 1. The van der Waals surface area contributed by atoms with Crippen LogP contribution >= 0.6 is 0 Å². The zero-order valence-electron chi connectivity index (χ0n) is 47.2. The zero-order chi connectivity index (χ0) is 57.7. The summed E-state index contributed by atoms with van der Waals surface area (Å²) in [4.78, 5) is 48.9. The Morgan fingerprint density at radius 1 is 1.00 bits per heavy atom. The Morgan fingerprint density at radius 2 is 1.77 bits per heavy atom. The molecular formula is C60H71FN10O10S. The molecule has 4 aliphatic rings. The van der Waals surface area contributed by atoms with E-state index < -0.39 is 42.9 Å². The van der Waals surface area contributed by atoms with Crippen molar-refractivity contribution in [2.75, 3.05) is 63.2 Å². The summed E-state index contributed by atoms with van der Waals surface area (Å²) >= 11 is 0. The molecule has 0 bridgehead atoms. The molecule has 3 aromatic carbocycles. The number of benzene rings is 3. The van der Waals surface area contributed by atoms with Crippen LogP contribution in [0.1, 0.15) is 124 Å². The average Bonchev–Trinajstić information content (AvgIpc) is 4.14. The van der Waals surface area contributed by atoms with Crippen LogP contribution < -0.4 is 29.1 Å². The molecule has 2 saturated carbocycles. The van der Waals surface area contributed by atoms with Gasteiger partial charge in [-0.3, -0.25) is 24.7 Å². The van der Waals surface area contributed by atoms with Crippen LogP contribution in [-0.2, 0) is 16.6 Å². The minimum absolute atomic E-state index is 0.0137. The van der Waals surface area contributed by atoms with Crippen LogP contribution in [0.3, 0.4) is 0 Å². The van der Waals surface area contributed by atoms with Crippen LogP contribution in [0.15, 0.2) is 88.4 Å². The minimum Gasteiger partial charge on any atom is -0.493 e. The number of anilines is 2. The zero-order valence-corrected chi connectivity index (χ0v) is 48.0. The SMILES string of the molecule is CCOc1nc2[nH]cc(F)c2cc1Oc1cc(N2CCC3(CC2)CC(N2CCN(Cc4ccc(OC)c5oc(C)nc45)C[C@H]2c2ccccc2C(C)C)C3)ccc1C(=O)NS(=O)(=O)c1cnc(NCC2CCC(C)(O)CC2)c([N+](=O)[O-])c1. The van der Waals surface area contributed by atoms with Gasteiger partial charge in [0.05, 0.1) is 41.4 Å². The lowest BCUT2D eigenvalue weighted by Crippen LogP contribution is -2.60. The van der Waals surface area contributed by atoms with Gasteiger partial charge in [0.25, 0.3) is 21.8 Å². The molecule has 7 aromatic rings. The molecular weight excluding hydrogens is 1070 g/mol. The van der Waals surface area contributed by atoms with Crippen molar-refractivity contribution in [3.8, 4) is 23.1 Å². The number of piperazine rings is 1. The van der Waals surface area contributed by atoms with E-state index in [9.17, 15) is 28.4 Å². The van der Waals surface area contributed by atoms with Gasteiger partial charge in [-0.05, 0) is 117 Å². The van der Waals surface area contributed by atoms with Gasteiger partial charge in [-0.1, -0.05) is 44.2 Å². The van der Waals surface area contributed by atoms with E-state index in [4.69, 9.17) is 23.6 Å². The Hall–Kier alpha value is -7.40. The van der Waals surface area contributed by atoms with Gasteiger partial charge < -0.3 is 38.9 Å². The number of rotatable bonds is 18. The second kappa shape index (κ2) is 22.7. The molecule has 82 heavy (non-hydrogen) atoms. The number of H-pyrrole nitrogens is 1. The fourth-order valence-electron chi connectivity index (χ4n) is 12.8. The number of ether oxygens (including phenoxy) is 3. The van der Waals surface area contributed by atoms with Gasteiger partial charge in [-0.25, -0.2) is 27.5 Å². The number of hydrogen-bond donors (Lipinski definition) is 4. The number of nitrogens with zero attached hydrogens (tertiary/aromatic N) is 7. The van der Waals surface area contributed by atoms with Crippen molar-refractivity contribution in [1.29, 1.82) is 0 Å². The minimum atomic E-state index is -4.76. The Kier molecular flexibility index (Phi) is 15.7. The van der Waals surface area contributed by atoms with Gasteiger partial charge in [0.2, 0.25) is 5.82 Å². The highest BCUT2D eigenvalue weighted by Crippen LogP contribution is 2.54. The summed E-state index contributed by atoms with van der Waals surface area (Å²) < 4.78 is 68.9. The third-order valence-corrected chi connectivity index (χ3v) is 18.7. The summed E-state index contributed by atoms with van der Waals surface area (Å²) in [5, 5.41) is 25.8. The number of aliphatic hydroxyl groups is 1. The fraction of sp³-hybridized carbons (Fsp3) is 0.467. The van der Waals surface area contributed by atoms with E-state index in [0.29, 0.717) is 74.5 Å². The van der Waals surface area contributed by atoms with Crippen molar-refractivity contribution in [2.45, 2.75) is 121 Å². The van der Waals surface area contributed by atoms with Crippen molar-refractivity contribution >= 4 is 55.3 Å². The normalized spacial score (nSPS) is 20.8. The Labute approximate surface area is 476 Å². The van der Waals surface area contributed by atoms with Crippen molar-refractivity contribution in [2.24, 2.45) is 11.3 Å². The third-order valence-electron chi connectivity index (χ3n) is 17.4. The van der Waals surface area contributed by atoms with Crippen LogP contribution in [0.5, 0.6) is 23.1 Å². The van der Waals surface area contributed by atoms with Crippen molar-refractivity contribution in [3.63, 3.8) is 0 Å². The fourth-order valence-corrected chi connectivity index (χ4v) is 13.7. The number of hydrogen-bond acceptors (Lipinski definition) is 17. The second-order valence-electron chi connectivity index (χ2n) is 23.3. The summed E-state index contributed by atoms with van der Waals surface area (Å²) in [6, 6.07) is 20.7. The van der Waals surface area contributed by atoms with Crippen molar-refractivity contribution in [1.82, 2.24) is 34.5 Å². The first-order valence-electron chi connectivity index (χ1n) is 28.3. The molecule has 4 fully saturated rings. The molecule has 20 nitrogen and oxygen atoms in total. The molecule has 1 spiro atoms. The molecule has 0 unspecified atom stereocenters. The third kappa shape index (κ3) is 11.5. The maximum atomic E-state index is 15.0. The van der Waals surface area contributed by atoms with Gasteiger partial charge in [-0.2, -0.15) is 4.98 Å². The van der Waals surface area contributed by atoms with E-state index in [1.807, 2.05) is 13.0 Å². The molecule has 4 aromatic heterocycles. The summed E-state index contributed by atoms with van der Waals surface area (Å²) in [6.45, 7) is 15.3. The molecule has 6 heterocycles. The first kappa shape index (κ1) is 56.5. The number of carbonyl (C=O) groups is 1. The van der Waals surface area contributed by atoms with Crippen LogP contribution in [0.4, 0.5) is 21.6 Å². The number of sulfonamides is 1. The number of pyridine rings is 2. The number of methoxy groups -OCH3 is 1. The first-order chi connectivity index (χ1) is 39.3. The highest BCUT2D eigenvalue weighted by atomic mass is 32.2. The van der Waals surface area contributed by atoms with Crippen molar-refractivity contribution < 1.29 is 46.3 Å². The van der Waals surface area contributed by atoms with Crippen LogP contribution in [0.25, 0.3) is 22.1 Å². The quantitative estimate of drug-likeness (QED) is 0.0461. The number of amides is 1. The number of aromatic amines is 1. The van der Waals surface area contributed by atoms with Gasteiger partial charge >= 0.3 is 5.69 Å². The number of aryl methyl sites for hydroxylation is 1. The van der Waals surface area contributed by atoms with E-state index in [1.165, 1.54) is 23.3 Å². The molecule has 2 aliphatic heterocycles. The summed E-state index contributed by atoms with van der Waals surface area (Å²) in [5.41, 5.74) is 4.90. The molecule has 22 heteroatoms. The molecule has 1 atom stereocenters. The predicted molar refractivity (Wildman–Crippen MR) is 308 cm³/mol. The van der Waals surface area contributed by atoms with Crippen molar-refractivity contribution in [3.05, 3.63) is 123 Å². The Balaban J connectivity index is 0.811. The molecule has 2 saturated heterocycles. The topological polar surface area (TPSA) is 244 Å². The molecule has 434 valence electrons. The van der Waals surface area contributed by atoms with E-state index >= 15 is 4.39 Å². The number of aromatic nitrogens is 4. The lowest BCUT2D eigenvalue weighted by molar-refractivity contribution is -0.384. The van der Waals surface area contributed by atoms with Gasteiger partial charge in [-0.15, -0.1) is 0 Å². The summed E-state index contributed by atoms with van der Waals surface area (Å²) in [5.74, 6) is -0.0926. The second-order valence-corrected chi connectivity index (χ2v) is 24.9. The molecule has 11 rings (SSSR count). The smallest absolute Gasteiger partial charge is 0.312 e. The van der Waals surface area contributed by atoms with Gasteiger partial charge in [0, 0.05) is 94.9 Å². The number of halogens is 1. The van der Waals surface area contributed by atoms with Crippen LogP contribution in [0, 0.1) is 34.2 Å². The Bertz CT molecular complexity index is 3640. The lowest BCUT2D eigenvalue weighted by atomic mass is 9.59. The predicted octanol–water partition coefficient (Wildman–Crippen LogP) is 10.6. The largest absolute Gasteiger partial charge is 0.493 e. The lowest BCUT2D eigenvalue weighted by Gasteiger charge is -2.58. The molecule has 4 N–H and O–H groups in total. The standard InChI is InChI=1S/C60H71FN10O10S/c1-7-79-58-52(28-46-47(61)33-64-55(46)66-58)81-51-26-40(13-14-45(51)57(72)67-82(76,77)42-27-48(71(74)75)56(63-32-42)62-31-38-16-18-59(5,73)19-17-38)69-22-20-60(21-23-69)29-41(30-60)70-25-24-68(35-49(70)44-11-9-8-10-43(44)36(2)3)34-39-12-15-50(78-6)54-53(39)65-37(4)80-54/h8-15,26-28,32-33,36,38,41,49,73H,7,16-25,29-31,34-35H2,1-6H3,(H,62,63)(H,64,66)(H,67,72)/t38?,49-,59?/m0/s1.